The van der Waals surface area contributed by atoms with Crippen LogP contribution in [0, 0.1) is 0 Å². The Balaban J connectivity index is 1.65. The SMILES string of the molecule is CCCNC(=O)N1CCC(NC(=O)CCc2ccccc2)CC1. The normalized spacial score (nSPS) is 15.3. The molecular weight excluding hydrogens is 290 g/mol. The Hall–Kier alpha value is -2.04. The highest BCUT2D eigenvalue weighted by Crippen LogP contribution is 2.11. The van der Waals surface area contributed by atoms with E-state index in [4.69, 9.17) is 0 Å². The van der Waals surface area contributed by atoms with Gasteiger partial charge in [0, 0.05) is 32.1 Å². The molecule has 0 spiro atoms. The molecule has 1 fully saturated rings. The van der Waals surface area contributed by atoms with Gasteiger partial charge in [0.2, 0.25) is 5.91 Å². The van der Waals surface area contributed by atoms with Crippen LogP contribution in [0.5, 0.6) is 0 Å². The zero-order valence-electron chi connectivity index (χ0n) is 13.9. The fourth-order valence-corrected chi connectivity index (χ4v) is 2.77. The van der Waals surface area contributed by atoms with Crippen LogP contribution in [0.1, 0.15) is 38.2 Å². The number of likely N-dealkylation sites (tertiary alicyclic amines) is 1. The average molecular weight is 317 g/mol. The van der Waals surface area contributed by atoms with Crippen LogP contribution in [0.3, 0.4) is 0 Å². The van der Waals surface area contributed by atoms with Gasteiger partial charge in [-0.05, 0) is 31.2 Å². The predicted octanol–water partition coefficient (Wildman–Crippen LogP) is 2.32. The Morgan fingerprint density at radius 3 is 2.52 bits per heavy atom. The molecule has 0 aromatic heterocycles. The highest BCUT2D eigenvalue weighted by atomic mass is 16.2. The molecule has 5 nitrogen and oxygen atoms in total. The maximum Gasteiger partial charge on any atom is 0.317 e. The molecule has 0 aliphatic carbocycles. The molecular formula is C18H27N3O2. The van der Waals surface area contributed by atoms with E-state index in [0.717, 1.165) is 32.2 Å². The molecule has 3 amide bonds. The van der Waals surface area contributed by atoms with E-state index in [1.165, 1.54) is 5.56 Å². The number of benzene rings is 1. The standard InChI is InChI=1S/C18H27N3O2/c1-2-12-19-18(23)21-13-10-16(11-14-21)20-17(22)9-8-15-6-4-3-5-7-15/h3-7,16H,2,8-14H2,1H3,(H,19,23)(H,20,22). The average Bonchev–Trinajstić information content (AvgIpc) is 2.59. The monoisotopic (exact) mass is 317 g/mol. The van der Waals surface area contributed by atoms with Crippen molar-refractivity contribution in [2.75, 3.05) is 19.6 Å². The number of amides is 3. The van der Waals surface area contributed by atoms with E-state index >= 15 is 0 Å². The van der Waals surface area contributed by atoms with Crippen LogP contribution in [0.4, 0.5) is 4.79 Å². The van der Waals surface area contributed by atoms with Crippen molar-refractivity contribution in [2.24, 2.45) is 0 Å². The second-order valence-corrected chi connectivity index (χ2v) is 6.05. The largest absolute Gasteiger partial charge is 0.353 e. The number of hydrogen-bond donors (Lipinski definition) is 2. The number of carbonyl (C=O) groups excluding carboxylic acids is 2. The van der Waals surface area contributed by atoms with E-state index in [0.29, 0.717) is 19.5 Å². The second kappa shape index (κ2) is 9.18. The summed E-state index contributed by atoms with van der Waals surface area (Å²) in [6, 6.07) is 10.3. The fourth-order valence-electron chi connectivity index (χ4n) is 2.77. The molecule has 0 bridgehead atoms. The summed E-state index contributed by atoms with van der Waals surface area (Å²) in [6.07, 6.45) is 3.89. The van der Waals surface area contributed by atoms with E-state index in [1.54, 1.807) is 0 Å². The number of aryl methyl sites for hydroxylation is 1. The molecule has 5 heteroatoms. The molecule has 126 valence electrons. The van der Waals surface area contributed by atoms with Crippen LogP contribution in [0.25, 0.3) is 0 Å². The molecule has 0 radical (unpaired) electrons. The molecule has 1 aliphatic rings. The molecule has 1 aromatic carbocycles. The van der Waals surface area contributed by atoms with Crippen LogP contribution in [0.2, 0.25) is 0 Å². The van der Waals surface area contributed by atoms with Crippen molar-refractivity contribution in [1.82, 2.24) is 15.5 Å². The molecule has 1 heterocycles. The van der Waals surface area contributed by atoms with Crippen LogP contribution in [0.15, 0.2) is 30.3 Å². The molecule has 1 saturated heterocycles. The smallest absolute Gasteiger partial charge is 0.317 e. The highest BCUT2D eigenvalue weighted by molar-refractivity contribution is 5.77. The summed E-state index contributed by atoms with van der Waals surface area (Å²) in [5.41, 5.74) is 1.19. The van der Waals surface area contributed by atoms with Gasteiger partial charge < -0.3 is 15.5 Å². The molecule has 2 rings (SSSR count). The van der Waals surface area contributed by atoms with E-state index in [1.807, 2.05) is 42.2 Å². The number of piperidine rings is 1. The Kier molecular flexibility index (Phi) is 6.91. The molecule has 1 aliphatic heterocycles. The second-order valence-electron chi connectivity index (χ2n) is 6.05. The maximum atomic E-state index is 12.0. The Morgan fingerprint density at radius 1 is 1.17 bits per heavy atom. The van der Waals surface area contributed by atoms with E-state index in [-0.39, 0.29) is 18.0 Å². The van der Waals surface area contributed by atoms with Crippen LogP contribution in [-0.2, 0) is 11.2 Å². The zero-order valence-corrected chi connectivity index (χ0v) is 13.9. The lowest BCUT2D eigenvalue weighted by atomic mass is 10.0. The van der Waals surface area contributed by atoms with Crippen molar-refractivity contribution in [2.45, 2.75) is 45.1 Å². The van der Waals surface area contributed by atoms with Crippen molar-refractivity contribution < 1.29 is 9.59 Å². The van der Waals surface area contributed by atoms with Gasteiger partial charge in [0.1, 0.15) is 0 Å². The van der Waals surface area contributed by atoms with Gasteiger partial charge in [0.05, 0.1) is 0 Å². The molecule has 2 N–H and O–H groups in total. The number of rotatable bonds is 6. The summed E-state index contributed by atoms with van der Waals surface area (Å²) in [6.45, 7) is 4.17. The van der Waals surface area contributed by atoms with Crippen molar-refractivity contribution in [1.29, 1.82) is 0 Å². The van der Waals surface area contributed by atoms with Crippen LogP contribution >= 0.6 is 0 Å². The molecule has 1 aromatic rings. The van der Waals surface area contributed by atoms with Crippen molar-refractivity contribution in [3.63, 3.8) is 0 Å². The highest BCUT2D eigenvalue weighted by Gasteiger charge is 2.23. The van der Waals surface area contributed by atoms with E-state index in [2.05, 4.69) is 10.6 Å². The van der Waals surface area contributed by atoms with Crippen molar-refractivity contribution >= 4 is 11.9 Å². The van der Waals surface area contributed by atoms with Gasteiger partial charge in [-0.15, -0.1) is 0 Å². The third kappa shape index (κ3) is 5.93. The summed E-state index contributed by atoms with van der Waals surface area (Å²) in [5, 5.41) is 5.99. The number of nitrogens with one attached hydrogen (secondary N) is 2. The van der Waals surface area contributed by atoms with E-state index in [9.17, 15) is 9.59 Å². The van der Waals surface area contributed by atoms with Gasteiger partial charge in [-0.1, -0.05) is 37.3 Å². The first kappa shape index (κ1) is 17.3. The van der Waals surface area contributed by atoms with Crippen LogP contribution < -0.4 is 10.6 Å². The lowest BCUT2D eigenvalue weighted by molar-refractivity contribution is -0.122. The number of hydrogen-bond acceptors (Lipinski definition) is 2. The van der Waals surface area contributed by atoms with Gasteiger partial charge in [0.25, 0.3) is 0 Å². The molecule has 0 saturated carbocycles. The van der Waals surface area contributed by atoms with Gasteiger partial charge in [-0.25, -0.2) is 4.79 Å². The number of urea groups is 1. The maximum absolute atomic E-state index is 12.0. The third-order valence-electron chi connectivity index (χ3n) is 4.16. The number of carbonyl (C=O) groups is 2. The first-order valence-corrected chi connectivity index (χ1v) is 8.55. The van der Waals surface area contributed by atoms with E-state index < -0.39 is 0 Å². The summed E-state index contributed by atoms with van der Waals surface area (Å²) in [5.74, 6) is 0.0998. The Bertz CT molecular complexity index is 496. The Morgan fingerprint density at radius 2 is 1.87 bits per heavy atom. The van der Waals surface area contributed by atoms with Crippen molar-refractivity contribution in [3.05, 3.63) is 35.9 Å². The number of nitrogens with zero attached hydrogens (tertiary/aromatic N) is 1. The minimum Gasteiger partial charge on any atom is -0.353 e. The summed E-state index contributed by atoms with van der Waals surface area (Å²) in [7, 11) is 0. The third-order valence-corrected chi connectivity index (χ3v) is 4.16. The summed E-state index contributed by atoms with van der Waals surface area (Å²) >= 11 is 0. The van der Waals surface area contributed by atoms with Gasteiger partial charge in [0.15, 0.2) is 0 Å². The lowest BCUT2D eigenvalue weighted by Gasteiger charge is -2.32. The van der Waals surface area contributed by atoms with Gasteiger partial charge in [-0.2, -0.15) is 0 Å². The summed E-state index contributed by atoms with van der Waals surface area (Å²) < 4.78 is 0. The Labute approximate surface area is 138 Å². The minimum absolute atomic E-state index is 0.0145. The molecule has 0 atom stereocenters. The van der Waals surface area contributed by atoms with Gasteiger partial charge >= 0.3 is 6.03 Å². The predicted molar refractivity (Wildman–Crippen MR) is 91.2 cm³/mol. The fraction of sp³-hybridized carbons (Fsp3) is 0.556. The minimum atomic E-state index is 0.0145. The molecule has 23 heavy (non-hydrogen) atoms. The van der Waals surface area contributed by atoms with Gasteiger partial charge in [-0.3, -0.25) is 4.79 Å². The summed E-state index contributed by atoms with van der Waals surface area (Å²) in [4.78, 5) is 25.7. The first-order chi connectivity index (χ1) is 11.2. The lowest BCUT2D eigenvalue weighted by Crippen LogP contribution is -2.49. The topological polar surface area (TPSA) is 61.4 Å². The quantitative estimate of drug-likeness (QED) is 0.846. The van der Waals surface area contributed by atoms with Crippen molar-refractivity contribution in [3.8, 4) is 0 Å². The molecule has 0 unspecified atom stereocenters. The zero-order chi connectivity index (χ0) is 16.5. The van der Waals surface area contributed by atoms with Crippen LogP contribution in [-0.4, -0.2) is 42.5 Å². The first-order valence-electron chi connectivity index (χ1n) is 8.55.